The molecule has 0 aliphatic carbocycles. The fourth-order valence-electron chi connectivity index (χ4n) is 1.13. The Morgan fingerprint density at radius 2 is 2.36 bits per heavy atom. The lowest BCUT2D eigenvalue weighted by Gasteiger charge is -2.15. The standard InChI is InChI=1S/C9H18N4O/c1-12(7-8-14-2)5-6-13-4-3-9(10)11-13/h3-4H,5-8H2,1-2H3,(H2,10,11). The van der Waals surface area contributed by atoms with Gasteiger partial charge in [-0.3, -0.25) is 4.68 Å². The van der Waals surface area contributed by atoms with Gasteiger partial charge in [0.25, 0.3) is 0 Å². The van der Waals surface area contributed by atoms with Gasteiger partial charge in [0.1, 0.15) is 5.82 Å². The van der Waals surface area contributed by atoms with Crippen LogP contribution in [0.4, 0.5) is 5.82 Å². The minimum atomic E-state index is 0.574. The topological polar surface area (TPSA) is 56.3 Å². The van der Waals surface area contributed by atoms with Gasteiger partial charge in [-0.2, -0.15) is 5.10 Å². The lowest BCUT2D eigenvalue weighted by molar-refractivity contribution is 0.159. The second-order valence-electron chi connectivity index (χ2n) is 3.30. The van der Waals surface area contributed by atoms with Gasteiger partial charge in [0.2, 0.25) is 0 Å². The average Bonchev–Trinajstić information content (AvgIpc) is 2.58. The number of hydrogen-bond acceptors (Lipinski definition) is 4. The number of likely N-dealkylation sites (N-methyl/N-ethyl adjacent to an activating group) is 1. The van der Waals surface area contributed by atoms with Crippen molar-refractivity contribution in [1.29, 1.82) is 0 Å². The SMILES string of the molecule is COCCN(C)CCn1ccc(N)n1. The molecule has 0 fully saturated rings. The van der Waals surface area contributed by atoms with E-state index in [0.29, 0.717) is 5.82 Å². The van der Waals surface area contributed by atoms with E-state index in [4.69, 9.17) is 10.5 Å². The van der Waals surface area contributed by atoms with Crippen LogP contribution < -0.4 is 5.73 Å². The van der Waals surface area contributed by atoms with Gasteiger partial charge in [-0.25, -0.2) is 0 Å². The Kier molecular flexibility index (Phi) is 4.42. The number of methoxy groups -OCH3 is 1. The van der Waals surface area contributed by atoms with Crippen molar-refractivity contribution in [2.75, 3.05) is 39.6 Å². The Labute approximate surface area is 84.4 Å². The predicted octanol–water partition coefficient (Wildman–Crippen LogP) is 0.0435. The third-order valence-electron chi connectivity index (χ3n) is 2.05. The Balaban J connectivity index is 2.20. The number of rotatable bonds is 6. The maximum Gasteiger partial charge on any atom is 0.145 e. The summed E-state index contributed by atoms with van der Waals surface area (Å²) in [5.74, 6) is 0.574. The molecule has 5 nitrogen and oxygen atoms in total. The molecule has 0 aromatic carbocycles. The lowest BCUT2D eigenvalue weighted by Crippen LogP contribution is -2.26. The Morgan fingerprint density at radius 3 is 2.93 bits per heavy atom. The molecule has 0 bridgehead atoms. The average molecular weight is 198 g/mol. The van der Waals surface area contributed by atoms with Gasteiger partial charge in [-0.05, 0) is 13.1 Å². The number of aromatic nitrogens is 2. The van der Waals surface area contributed by atoms with Crippen LogP contribution in [0, 0.1) is 0 Å². The normalized spacial score (nSPS) is 11.1. The molecule has 5 heteroatoms. The quantitative estimate of drug-likeness (QED) is 0.701. The van der Waals surface area contributed by atoms with E-state index in [9.17, 15) is 0 Å². The van der Waals surface area contributed by atoms with E-state index in [2.05, 4.69) is 17.0 Å². The van der Waals surface area contributed by atoms with Crippen LogP contribution >= 0.6 is 0 Å². The third-order valence-corrected chi connectivity index (χ3v) is 2.05. The van der Waals surface area contributed by atoms with Crippen molar-refractivity contribution in [1.82, 2.24) is 14.7 Å². The highest BCUT2D eigenvalue weighted by molar-refractivity contribution is 5.23. The number of nitrogens with zero attached hydrogens (tertiary/aromatic N) is 3. The van der Waals surface area contributed by atoms with E-state index >= 15 is 0 Å². The second-order valence-corrected chi connectivity index (χ2v) is 3.30. The maximum atomic E-state index is 5.50. The van der Waals surface area contributed by atoms with E-state index in [1.807, 2.05) is 10.9 Å². The fourth-order valence-corrected chi connectivity index (χ4v) is 1.13. The number of anilines is 1. The van der Waals surface area contributed by atoms with Crippen LogP contribution in [-0.4, -0.2) is 48.5 Å². The van der Waals surface area contributed by atoms with Crippen LogP contribution in [-0.2, 0) is 11.3 Å². The summed E-state index contributed by atoms with van der Waals surface area (Å²) in [6.07, 6.45) is 1.89. The predicted molar refractivity (Wildman–Crippen MR) is 56.0 cm³/mol. The van der Waals surface area contributed by atoms with Crippen molar-refractivity contribution in [2.45, 2.75) is 6.54 Å². The molecule has 0 radical (unpaired) electrons. The summed E-state index contributed by atoms with van der Waals surface area (Å²) in [6.45, 7) is 3.51. The molecule has 1 aromatic rings. The molecule has 0 saturated heterocycles. The highest BCUT2D eigenvalue weighted by atomic mass is 16.5. The Bertz CT molecular complexity index is 261. The molecule has 0 unspecified atom stereocenters. The summed E-state index contributed by atoms with van der Waals surface area (Å²) < 4.78 is 6.83. The lowest BCUT2D eigenvalue weighted by atomic mass is 10.5. The molecule has 80 valence electrons. The summed E-state index contributed by atoms with van der Waals surface area (Å²) in [4.78, 5) is 2.20. The van der Waals surface area contributed by atoms with E-state index < -0.39 is 0 Å². The van der Waals surface area contributed by atoms with Crippen LogP contribution in [0.15, 0.2) is 12.3 Å². The first-order chi connectivity index (χ1) is 6.72. The van der Waals surface area contributed by atoms with Crippen molar-refractivity contribution in [2.24, 2.45) is 0 Å². The molecule has 2 N–H and O–H groups in total. The minimum absolute atomic E-state index is 0.574. The monoisotopic (exact) mass is 198 g/mol. The molecule has 0 aliphatic rings. The number of nitrogen functional groups attached to an aromatic ring is 1. The highest BCUT2D eigenvalue weighted by Crippen LogP contribution is 1.95. The molecule has 0 saturated carbocycles. The van der Waals surface area contributed by atoms with Crippen LogP contribution in [0.3, 0.4) is 0 Å². The van der Waals surface area contributed by atoms with Gasteiger partial charge < -0.3 is 15.4 Å². The maximum absolute atomic E-state index is 5.50. The fraction of sp³-hybridized carbons (Fsp3) is 0.667. The van der Waals surface area contributed by atoms with Gasteiger partial charge in [0, 0.05) is 26.4 Å². The third kappa shape index (κ3) is 3.76. The summed E-state index contributed by atoms with van der Waals surface area (Å²) in [7, 11) is 3.77. The largest absolute Gasteiger partial charge is 0.383 e. The first-order valence-electron chi connectivity index (χ1n) is 4.69. The molecule has 0 atom stereocenters. The molecule has 0 spiro atoms. The molecular formula is C9H18N4O. The van der Waals surface area contributed by atoms with Crippen molar-refractivity contribution < 1.29 is 4.74 Å². The van der Waals surface area contributed by atoms with Crippen molar-refractivity contribution in [3.63, 3.8) is 0 Å². The van der Waals surface area contributed by atoms with Crippen LogP contribution in [0.1, 0.15) is 0 Å². The molecule has 1 heterocycles. The van der Waals surface area contributed by atoms with Crippen LogP contribution in [0.2, 0.25) is 0 Å². The first-order valence-corrected chi connectivity index (χ1v) is 4.69. The van der Waals surface area contributed by atoms with E-state index in [1.54, 1.807) is 13.2 Å². The molecule has 14 heavy (non-hydrogen) atoms. The summed E-state index contributed by atoms with van der Waals surface area (Å²) >= 11 is 0. The van der Waals surface area contributed by atoms with Gasteiger partial charge in [0.15, 0.2) is 0 Å². The smallest absolute Gasteiger partial charge is 0.145 e. The Hall–Kier alpha value is -1.07. The van der Waals surface area contributed by atoms with Gasteiger partial charge in [0.05, 0.1) is 13.2 Å². The Morgan fingerprint density at radius 1 is 1.57 bits per heavy atom. The minimum Gasteiger partial charge on any atom is -0.383 e. The zero-order valence-electron chi connectivity index (χ0n) is 8.81. The van der Waals surface area contributed by atoms with Crippen molar-refractivity contribution >= 4 is 5.82 Å². The zero-order chi connectivity index (χ0) is 10.4. The molecule has 0 amide bonds. The highest BCUT2D eigenvalue weighted by Gasteiger charge is 1.99. The van der Waals surface area contributed by atoms with Crippen LogP contribution in [0.5, 0.6) is 0 Å². The van der Waals surface area contributed by atoms with E-state index in [-0.39, 0.29) is 0 Å². The van der Waals surface area contributed by atoms with E-state index in [1.165, 1.54) is 0 Å². The molecule has 0 aliphatic heterocycles. The van der Waals surface area contributed by atoms with E-state index in [0.717, 1.165) is 26.2 Å². The molecule has 1 aromatic heterocycles. The molecular weight excluding hydrogens is 180 g/mol. The van der Waals surface area contributed by atoms with Gasteiger partial charge >= 0.3 is 0 Å². The number of ether oxygens (including phenoxy) is 1. The van der Waals surface area contributed by atoms with Crippen molar-refractivity contribution in [3.8, 4) is 0 Å². The molecule has 1 rings (SSSR count). The van der Waals surface area contributed by atoms with Gasteiger partial charge in [-0.1, -0.05) is 0 Å². The zero-order valence-corrected chi connectivity index (χ0v) is 8.81. The van der Waals surface area contributed by atoms with Gasteiger partial charge in [-0.15, -0.1) is 0 Å². The summed E-state index contributed by atoms with van der Waals surface area (Å²) in [6, 6.07) is 1.80. The summed E-state index contributed by atoms with van der Waals surface area (Å²) in [5.41, 5.74) is 5.50. The second kappa shape index (κ2) is 5.62. The number of nitrogens with two attached hydrogens (primary N) is 1. The summed E-state index contributed by atoms with van der Waals surface area (Å²) in [5, 5.41) is 4.10. The number of hydrogen-bond donors (Lipinski definition) is 1. The first kappa shape index (κ1) is 11.0. The van der Waals surface area contributed by atoms with Crippen molar-refractivity contribution in [3.05, 3.63) is 12.3 Å². The van der Waals surface area contributed by atoms with Crippen LogP contribution in [0.25, 0.3) is 0 Å².